The van der Waals surface area contributed by atoms with E-state index in [2.05, 4.69) is 69.4 Å². The normalized spacial score (nSPS) is 17.9. The van der Waals surface area contributed by atoms with E-state index in [1.165, 1.54) is 11.1 Å². The highest BCUT2D eigenvalue weighted by atomic mass is 16.5. The SMILES string of the molecule is Cn1nnnc1-c1ccc(C2=CC3(CCNCC3)Oc3ccccc32)cc1. The number of hydrogen-bond donors (Lipinski definition) is 1. The van der Waals surface area contributed by atoms with Crippen LogP contribution >= 0.6 is 0 Å². The van der Waals surface area contributed by atoms with Crippen molar-refractivity contribution in [3.05, 3.63) is 65.7 Å². The van der Waals surface area contributed by atoms with Crippen LogP contribution in [0.3, 0.4) is 0 Å². The molecule has 0 unspecified atom stereocenters. The molecule has 2 aliphatic heterocycles. The first-order chi connectivity index (χ1) is 13.2. The standard InChI is InChI=1S/C21H21N5O/c1-26-20(23-24-25-26)16-8-6-15(7-9-16)18-14-21(10-12-22-13-11-21)27-19-5-3-2-4-17(18)19/h2-9,14,22H,10-13H2,1H3. The molecule has 6 nitrogen and oxygen atoms in total. The maximum absolute atomic E-state index is 6.46. The van der Waals surface area contributed by atoms with E-state index in [9.17, 15) is 0 Å². The fourth-order valence-electron chi connectivity index (χ4n) is 3.98. The van der Waals surface area contributed by atoms with Crippen molar-refractivity contribution in [2.45, 2.75) is 18.4 Å². The Labute approximate surface area is 157 Å². The summed E-state index contributed by atoms with van der Waals surface area (Å²) in [6.07, 6.45) is 4.29. The van der Waals surface area contributed by atoms with Gasteiger partial charge in [0.05, 0.1) is 0 Å². The summed E-state index contributed by atoms with van der Waals surface area (Å²) in [5.74, 6) is 1.73. The average Bonchev–Trinajstić information content (AvgIpc) is 3.14. The molecule has 1 N–H and O–H groups in total. The van der Waals surface area contributed by atoms with Crippen molar-refractivity contribution >= 4 is 5.57 Å². The van der Waals surface area contributed by atoms with Crippen molar-refractivity contribution < 1.29 is 4.74 Å². The van der Waals surface area contributed by atoms with E-state index in [0.29, 0.717) is 0 Å². The molecule has 1 saturated heterocycles. The Morgan fingerprint density at radius 2 is 1.74 bits per heavy atom. The second-order valence-electron chi connectivity index (χ2n) is 7.17. The summed E-state index contributed by atoms with van der Waals surface area (Å²) in [6, 6.07) is 16.8. The van der Waals surface area contributed by atoms with Crippen LogP contribution in [0, 0.1) is 0 Å². The van der Waals surface area contributed by atoms with Gasteiger partial charge in [-0.2, -0.15) is 0 Å². The first-order valence-electron chi connectivity index (χ1n) is 9.29. The van der Waals surface area contributed by atoms with Gasteiger partial charge < -0.3 is 10.1 Å². The molecule has 27 heavy (non-hydrogen) atoms. The van der Waals surface area contributed by atoms with Crippen LogP contribution in [0.4, 0.5) is 0 Å². The number of nitrogens with one attached hydrogen (secondary N) is 1. The Morgan fingerprint density at radius 1 is 1.00 bits per heavy atom. The first-order valence-corrected chi connectivity index (χ1v) is 9.29. The fraction of sp³-hybridized carbons (Fsp3) is 0.286. The number of tetrazole rings is 1. The summed E-state index contributed by atoms with van der Waals surface area (Å²) in [4.78, 5) is 0. The van der Waals surface area contributed by atoms with E-state index < -0.39 is 0 Å². The number of aromatic nitrogens is 4. The van der Waals surface area contributed by atoms with Crippen molar-refractivity contribution in [3.8, 4) is 17.1 Å². The van der Waals surface area contributed by atoms with Crippen LogP contribution in [0.2, 0.25) is 0 Å². The molecular formula is C21H21N5O. The highest BCUT2D eigenvalue weighted by Crippen LogP contribution is 2.42. The largest absolute Gasteiger partial charge is 0.482 e. The zero-order chi connectivity index (χ0) is 18.3. The molecule has 0 amide bonds. The van der Waals surface area contributed by atoms with Crippen LogP contribution in [0.15, 0.2) is 54.6 Å². The second-order valence-corrected chi connectivity index (χ2v) is 7.17. The van der Waals surface area contributed by atoms with Crippen LogP contribution < -0.4 is 10.1 Å². The van der Waals surface area contributed by atoms with Crippen LogP contribution in [0.1, 0.15) is 24.0 Å². The summed E-state index contributed by atoms with van der Waals surface area (Å²) >= 11 is 0. The van der Waals surface area contributed by atoms with Crippen molar-refractivity contribution in [2.75, 3.05) is 13.1 Å². The maximum atomic E-state index is 6.46. The molecular weight excluding hydrogens is 338 g/mol. The lowest BCUT2D eigenvalue weighted by Gasteiger charge is -2.40. The summed E-state index contributed by atoms with van der Waals surface area (Å²) in [5, 5.41) is 15.2. The number of para-hydroxylation sites is 1. The number of nitrogens with zero attached hydrogens (tertiary/aromatic N) is 4. The molecule has 3 aromatic rings. The third-order valence-electron chi connectivity index (χ3n) is 5.42. The van der Waals surface area contributed by atoms with E-state index >= 15 is 0 Å². The quantitative estimate of drug-likeness (QED) is 0.762. The van der Waals surface area contributed by atoms with Gasteiger partial charge in [0.2, 0.25) is 0 Å². The summed E-state index contributed by atoms with van der Waals surface area (Å²) in [6.45, 7) is 1.95. The van der Waals surface area contributed by atoms with Gasteiger partial charge in [0, 0.05) is 31.0 Å². The Kier molecular flexibility index (Phi) is 3.79. The summed E-state index contributed by atoms with van der Waals surface area (Å²) < 4.78 is 8.15. The molecule has 5 rings (SSSR count). The molecule has 2 aliphatic rings. The van der Waals surface area contributed by atoms with Crippen molar-refractivity contribution in [3.63, 3.8) is 0 Å². The minimum Gasteiger partial charge on any atom is -0.482 e. The van der Waals surface area contributed by atoms with Crippen molar-refractivity contribution in [1.82, 2.24) is 25.5 Å². The van der Waals surface area contributed by atoms with Gasteiger partial charge in [0.25, 0.3) is 0 Å². The number of benzene rings is 2. The second kappa shape index (κ2) is 6.32. The lowest BCUT2D eigenvalue weighted by molar-refractivity contribution is 0.0817. The lowest BCUT2D eigenvalue weighted by Crippen LogP contribution is -2.46. The highest BCUT2D eigenvalue weighted by molar-refractivity contribution is 5.85. The predicted molar refractivity (Wildman–Crippen MR) is 103 cm³/mol. The predicted octanol–water partition coefficient (Wildman–Crippen LogP) is 2.82. The monoisotopic (exact) mass is 359 g/mol. The van der Waals surface area contributed by atoms with Crippen LogP contribution in [-0.2, 0) is 7.05 Å². The minimum absolute atomic E-state index is 0.221. The Balaban J connectivity index is 1.58. The molecule has 136 valence electrons. The van der Waals surface area contributed by atoms with E-state index in [0.717, 1.165) is 48.6 Å². The van der Waals surface area contributed by atoms with Crippen LogP contribution in [0.25, 0.3) is 17.0 Å². The summed E-state index contributed by atoms with van der Waals surface area (Å²) in [5.41, 5.74) is 4.35. The fourth-order valence-corrected chi connectivity index (χ4v) is 3.98. The van der Waals surface area contributed by atoms with Gasteiger partial charge in [-0.1, -0.05) is 42.5 Å². The number of rotatable bonds is 2. The smallest absolute Gasteiger partial charge is 0.181 e. The molecule has 0 radical (unpaired) electrons. The average molecular weight is 359 g/mol. The van der Waals surface area contributed by atoms with Gasteiger partial charge >= 0.3 is 0 Å². The number of aryl methyl sites for hydroxylation is 1. The molecule has 0 bridgehead atoms. The van der Waals surface area contributed by atoms with E-state index in [1.807, 2.05) is 13.1 Å². The molecule has 0 atom stereocenters. The first kappa shape index (κ1) is 16.2. The molecule has 2 aromatic carbocycles. The Bertz CT molecular complexity index is 999. The zero-order valence-electron chi connectivity index (χ0n) is 15.2. The van der Waals surface area contributed by atoms with E-state index in [4.69, 9.17) is 4.74 Å². The van der Waals surface area contributed by atoms with Crippen molar-refractivity contribution in [1.29, 1.82) is 0 Å². The zero-order valence-corrected chi connectivity index (χ0v) is 15.2. The Hall–Kier alpha value is -2.99. The molecule has 3 heterocycles. The summed E-state index contributed by atoms with van der Waals surface area (Å²) in [7, 11) is 1.85. The molecule has 1 fully saturated rings. The molecule has 0 saturated carbocycles. The number of ether oxygens (including phenoxy) is 1. The van der Waals surface area contributed by atoms with Crippen molar-refractivity contribution in [2.24, 2.45) is 7.05 Å². The van der Waals surface area contributed by atoms with Gasteiger partial charge in [-0.05, 0) is 46.8 Å². The lowest BCUT2D eigenvalue weighted by atomic mass is 9.83. The minimum atomic E-state index is -0.221. The van der Waals surface area contributed by atoms with Gasteiger partial charge in [0.15, 0.2) is 5.82 Å². The Morgan fingerprint density at radius 3 is 2.48 bits per heavy atom. The third-order valence-corrected chi connectivity index (χ3v) is 5.42. The molecule has 1 aromatic heterocycles. The number of piperidine rings is 1. The van der Waals surface area contributed by atoms with Gasteiger partial charge in [-0.25, -0.2) is 4.68 Å². The van der Waals surface area contributed by atoms with Gasteiger partial charge in [0.1, 0.15) is 11.4 Å². The van der Waals surface area contributed by atoms with Crippen LogP contribution in [0.5, 0.6) is 5.75 Å². The van der Waals surface area contributed by atoms with E-state index in [-0.39, 0.29) is 5.60 Å². The van der Waals surface area contributed by atoms with Crippen LogP contribution in [-0.4, -0.2) is 38.9 Å². The highest BCUT2D eigenvalue weighted by Gasteiger charge is 2.36. The third kappa shape index (κ3) is 2.82. The van der Waals surface area contributed by atoms with E-state index in [1.54, 1.807) is 4.68 Å². The maximum Gasteiger partial charge on any atom is 0.181 e. The topological polar surface area (TPSA) is 64.9 Å². The number of fused-ring (bicyclic) bond motifs is 1. The molecule has 6 heteroatoms. The molecule has 0 aliphatic carbocycles. The number of hydrogen-bond acceptors (Lipinski definition) is 5. The molecule has 1 spiro atoms. The van der Waals surface area contributed by atoms with Gasteiger partial charge in [-0.15, -0.1) is 5.10 Å². The van der Waals surface area contributed by atoms with Gasteiger partial charge in [-0.3, -0.25) is 0 Å².